The zero-order valence-corrected chi connectivity index (χ0v) is 16.5. The second-order valence-electron chi connectivity index (χ2n) is 8.12. The number of carbonyl (C=O) groups is 1. The van der Waals surface area contributed by atoms with Crippen LogP contribution < -0.4 is 10.2 Å². The molecule has 1 aliphatic rings. The lowest BCUT2D eigenvalue weighted by Gasteiger charge is -2.35. The van der Waals surface area contributed by atoms with Gasteiger partial charge in [-0.25, -0.2) is 4.79 Å². The van der Waals surface area contributed by atoms with Crippen LogP contribution in [0.4, 0.5) is 10.5 Å². The second kappa shape index (κ2) is 8.09. The van der Waals surface area contributed by atoms with Gasteiger partial charge in [-0.2, -0.15) is 0 Å². The Morgan fingerprint density at radius 3 is 2.24 bits per heavy atom. The summed E-state index contributed by atoms with van der Waals surface area (Å²) in [5.74, 6) is 0. The molecule has 0 spiro atoms. The molecule has 1 unspecified atom stereocenters. The number of hydrogen-bond donors (Lipinski definition) is 1. The molecule has 0 aromatic heterocycles. The maximum atomic E-state index is 12.1. The Kier molecular flexibility index (Phi) is 6.33. The Labute approximate surface area is 152 Å². The van der Waals surface area contributed by atoms with Gasteiger partial charge in [0, 0.05) is 45.0 Å². The Hall–Kier alpha value is -1.75. The summed E-state index contributed by atoms with van der Waals surface area (Å²) in [5.41, 5.74) is 2.07. The number of amides is 1. The van der Waals surface area contributed by atoms with Crippen molar-refractivity contribution in [1.82, 2.24) is 10.2 Å². The average molecular weight is 348 g/mol. The van der Waals surface area contributed by atoms with E-state index in [1.165, 1.54) is 11.3 Å². The summed E-state index contributed by atoms with van der Waals surface area (Å²) in [7, 11) is 4.10. The van der Waals surface area contributed by atoms with E-state index in [0.29, 0.717) is 12.1 Å². The first-order chi connectivity index (χ1) is 11.7. The van der Waals surface area contributed by atoms with Crippen LogP contribution in [0, 0.1) is 0 Å². The van der Waals surface area contributed by atoms with Crippen molar-refractivity contribution in [3.8, 4) is 0 Å². The highest BCUT2D eigenvalue weighted by Crippen LogP contribution is 2.21. The number of carbonyl (C=O) groups excluding carboxylic acids is 1. The molecule has 1 amide bonds. The van der Waals surface area contributed by atoms with E-state index in [1.807, 2.05) is 25.7 Å². The molecule has 1 aromatic carbocycles. The summed E-state index contributed by atoms with van der Waals surface area (Å²) in [4.78, 5) is 16.1. The summed E-state index contributed by atoms with van der Waals surface area (Å²) >= 11 is 0. The van der Waals surface area contributed by atoms with E-state index in [1.54, 1.807) is 0 Å². The lowest BCUT2D eigenvalue weighted by molar-refractivity contribution is 0.0196. The second-order valence-corrected chi connectivity index (χ2v) is 8.12. The minimum Gasteiger partial charge on any atom is -0.444 e. The van der Waals surface area contributed by atoms with Crippen LogP contribution in [-0.2, 0) is 4.74 Å². The monoisotopic (exact) mass is 347 g/mol. The smallest absolute Gasteiger partial charge is 0.410 e. The first kappa shape index (κ1) is 19.6. The van der Waals surface area contributed by atoms with Crippen molar-refractivity contribution in [2.24, 2.45) is 0 Å². The van der Waals surface area contributed by atoms with Crippen LogP contribution in [0.25, 0.3) is 0 Å². The van der Waals surface area contributed by atoms with Gasteiger partial charge in [0.1, 0.15) is 5.60 Å². The fourth-order valence-electron chi connectivity index (χ4n) is 3.07. The number of nitrogens with zero attached hydrogens (tertiary/aromatic N) is 2. The third-order valence-corrected chi connectivity index (χ3v) is 4.54. The summed E-state index contributed by atoms with van der Waals surface area (Å²) < 4.78 is 5.46. The number of anilines is 1. The molecule has 5 heteroatoms. The number of likely N-dealkylation sites (tertiary alicyclic amines) is 1. The topological polar surface area (TPSA) is 44.8 Å². The van der Waals surface area contributed by atoms with Crippen LogP contribution in [0.1, 0.15) is 52.1 Å². The predicted octanol–water partition coefficient (Wildman–Crippen LogP) is 3.80. The molecule has 1 heterocycles. The Morgan fingerprint density at radius 1 is 1.20 bits per heavy atom. The van der Waals surface area contributed by atoms with E-state index >= 15 is 0 Å². The molecule has 1 fully saturated rings. The summed E-state index contributed by atoms with van der Waals surface area (Å²) in [6.45, 7) is 9.41. The molecule has 25 heavy (non-hydrogen) atoms. The van der Waals surface area contributed by atoms with E-state index < -0.39 is 5.60 Å². The van der Waals surface area contributed by atoms with Crippen molar-refractivity contribution >= 4 is 11.8 Å². The number of benzene rings is 1. The van der Waals surface area contributed by atoms with Gasteiger partial charge in [-0.3, -0.25) is 0 Å². The maximum absolute atomic E-state index is 12.1. The van der Waals surface area contributed by atoms with Gasteiger partial charge in [-0.1, -0.05) is 12.1 Å². The zero-order chi connectivity index (χ0) is 18.6. The Bertz CT molecular complexity index is 555. The van der Waals surface area contributed by atoms with Crippen LogP contribution in [0.2, 0.25) is 0 Å². The number of piperidine rings is 1. The maximum Gasteiger partial charge on any atom is 0.410 e. The number of hydrogen-bond acceptors (Lipinski definition) is 4. The van der Waals surface area contributed by atoms with Gasteiger partial charge in [0.15, 0.2) is 0 Å². The molecule has 0 bridgehead atoms. The highest BCUT2D eigenvalue weighted by molar-refractivity contribution is 5.68. The SMILES string of the molecule is CC(NC1CCN(C(=O)OC(C)(C)C)CC1)c1ccc(N(C)C)cc1. The fourth-order valence-corrected chi connectivity index (χ4v) is 3.07. The van der Waals surface area contributed by atoms with Gasteiger partial charge in [-0.05, 0) is 58.2 Å². The van der Waals surface area contributed by atoms with Crippen LogP contribution >= 0.6 is 0 Å². The lowest BCUT2D eigenvalue weighted by Crippen LogP contribution is -2.46. The van der Waals surface area contributed by atoms with Gasteiger partial charge in [0.05, 0.1) is 0 Å². The Morgan fingerprint density at radius 2 is 1.76 bits per heavy atom. The molecule has 140 valence electrons. The molecule has 1 atom stereocenters. The standard InChI is InChI=1S/C20H33N3O2/c1-15(16-7-9-18(10-8-16)22(5)6)21-17-11-13-23(14-12-17)19(24)25-20(2,3)4/h7-10,15,17,21H,11-14H2,1-6H3. The average Bonchev–Trinajstić information content (AvgIpc) is 2.54. The van der Waals surface area contributed by atoms with Crippen molar-refractivity contribution in [3.63, 3.8) is 0 Å². The highest BCUT2D eigenvalue weighted by Gasteiger charge is 2.27. The third-order valence-electron chi connectivity index (χ3n) is 4.54. The highest BCUT2D eigenvalue weighted by atomic mass is 16.6. The molecule has 2 rings (SSSR count). The number of nitrogens with one attached hydrogen (secondary N) is 1. The minimum atomic E-state index is -0.431. The molecule has 5 nitrogen and oxygen atoms in total. The molecule has 1 saturated heterocycles. The van der Waals surface area contributed by atoms with E-state index in [-0.39, 0.29) is 6.09 Å². The Balaban J connectivity index is 1.82. The summed E-state index contributed by atoms with van der Waals surface area (Å²) in [5, 5.41) is 3.70. The molecular weight excluding hydrogens is 314 g/mol. The van der Waals surface area contributed by atoms with Crippen molar-refractivity contribution in [2.45, 2.75) is 58.2 Å². The van der Waals surface area contributed by atoms with E-state index in [4.69, 9.17) is 4.74 Å². The molecule has 1 N–H and O–H groups in total. The predicted molar refractivity (Wildman–Crippen MR) is 103 cm³/mol. The number of ether oxygens (including phenoxy) is 1. The summed E-state index contributed by atoms with van der Waals surface area (Å²) in [6, 6.07) is 9.40. The van der Waals surface area contributed by atoms with Crippen LogP contribution in [0.3, 0.4) is 0 Å². The molecule has 0 saturated carbocycles. The van der Waals surface area contributed by atoms with E-state index in [0.717, 1.165) is 25.9 Å². The van der Waals surface area contributed by atoms with Crippen molar-refractivity contribution in [3.05, 3.63) is 29.8 Å². The quantitative estimate of drug-likeness (QED) is 0.900. The van der Waals surface area contributed by atoms with E-state index in [9.17, 15) is 4.79 Å². The van der Waals surface area contributed by atoms with E-state index in [2.05, 4.69) is 55.5 Å². The molecule has 1 aromatic rings. The number of rotatable bonds is 4. The van der Waals surface area contributed by atoms with Gasteiger partial charge in [0.2, 0.25) is 0 Å². The third kappa shape index (κ3) is 5.92. The summed E-state index contributed by atoms with van der Waals surface area (Å²) in [6.07, 6.45) is 1.72. The van der Waals surface area contributed by atoms with Gasteiger partial charge < -0.3 is 19.9 Å². The van der Waals surface area contributed by atoms with Gasteiger partial charge in [0.25, 0.3) is 0 Å². The molecule has 1 aliphatic heterocycles. The zero-order valence-electron chi connectivity index (χ0n) is 16.5. The normalized spacial score (nSPS) is 17.3. The van der Waals surface area contributed by atoms with Crippen LogP contribution in [-0.4, -0.2) is 49.8 Å². The van der Waals surface area contributed by atoms with Gasteiger partial charge in [-0.15, -0.1) is 0 Å². The molecule has 0 aliphatic carbocycles. The van der Waals surface area contributed by atoms with Gasteiger partial charge >= 0.3 is 6.09 Å². The minimum absolute atomic E-state index is 0.196. The lowest BCUT2D eigenvalue weighted by atomic mass is 10.0. The molecular formula is C20H33N3O2. The largest absolute Gasteiger partial charge is 0.444 e. The van der Waals surface area contributed by atoms with Crippen molar-refractivity contribution < 1.29 is 9.53 Å². The first-order valence-corrected chi connectivity index (χ1v) is 9.17. The fraction of sp³-hybridized carbons (Fsp3) is 0.650. The van der Waals surface area contributed by atoms with Crippen LogP contribution in [0.15, 0.2) is 24.3 Å². The van der Waals surface area contributed by atoms with Crippen molar-refractivity contribution in [1.29, 1.82) is 0 Å². The molecule has 0 radical (unpaired) electrons. The first-order valence-electron chi connectivity index (χ1n) is 9.17. The van der Waals surface area contributed by atoms with Crippen LogP contribution in [0.5, 0.6) is 0 Å². The van der Waals surface area contributed by atoms with Crippen molar-refractivity contribution in [2.75, 3.05) is 32.1 Å².